The maximum atomic E-state index is 13.0. The Morgan fingerprint density at radius 1 is 1.38 bits per heavy atom. The number of carbonyl (C=O) groups excluding carboxylic acids is 1. The molecule has 1 amide bonds. The largest absolute Gasteiger partial charge is 0.416 e. The predicted octanol–water partition coefficient (Wildman–Crippen LogP) is 2.79. The fraction of sp³-hybridized carbons (Fsp3) is 0.579. The molecule has 1 aliphatic heterocycles. The van der Waals surface area contributed by atoms with Crippen LogP contribution in [0.5, 0.6) is 0 Å². The zero-order chi connectivity index (χ0) is 20.7. The van der Waals surface area contributed by atoms with Crippen molar-refractivity contribution in [1.82, 2.24) is 15.1 Å². The molecule has 1 aliphatic rings. The first-order valence-corrected chi connectivity index (χ1v) is 9.12. The second kappa shape index (κ2) is 11.6. The number of nitrogens with one attached hydrogen (secondary N) is 1. The highest BCUT2D eigenvalue weighted by Gasteiger charge is 2.32. The number of alkyl halides is 3. The van der Waals surface area contributed by atoms with E-state index in [1.165, 1.54) is 17.0 Å². The molecule has 1 aromatic rings. The molecule has 164 valence electrons. The lowest BCUT2D eigenvalue weighted by Crippen LogP contribution is -2.42. The van der Waals surface area contributed by atoms with Crippen LogP contribution in [0.1, 0.15) is 23.5 Å². The highest BCUT2D eigenvalue weighted by atomic mass is 127. The minimum absolute atomic E-state index is 0. The molecule has 1 aromatic carbocycles. The van der Waals surface area contributed by atoms with Crippen molar-refractivity contribution in [2.75, 3.05) is 54.0 Å². The number of ether oxygens (including phenoxy) is 1. The fourth-order valence-electron chi connectivity index (χ4n) is 3.01. The number of guanidine groups is 1. The quantitative estimate of drug-likeness (QED) is 0.267. The molecule has 1 fully saturated rings. The van der Waals surface area contributed by atoms with E-state index >= 15 is 0 Å². The van der Waals surface area contributed by atoms with Crippen molar-refractivity contribution in [2.45, 2.75) is 18.5 Å². The van der Waals surface area contributed by atoms with Gasteiger partial charge in [0, 0.05) is 46.8 Å². The molecular formula is C19H28F3IN4O2. The molecule has 2 rings (SSSR count). The zero-order valence-corrected chi connectivity index (χ0v) is 19.2. The summed E-state index contributed by atoms with van der Waals surface area (Å²) in [5.41, 5.74) is 0.0325. The van der Waals surface area contributed by atoms with E-state index < -0.39 is 11.7 Å². The van der Waals surface area contributed by atoms with Crippen molar-refractivity contribution in [1.29, 1.82) is 0 Å². The number of rotatable bonds is 6. The van der Waals surface area contributed by atoms with Gasteiger partial charge in [-0.3, -0.25) is 4.79 Å². The number of hydrogen-bond donors (Lipinski definition) is 1. The van der Waals surface area contributed by atoms with Crippen molar-refractivity contribution in [3.63, 3.8) is 0 Å². The lowest BCUT2D eigenvalue weighted by Gasteiger charge is -2.22. The summed E-state index contributed by atoms with van der Waals surface area (Å²) in [7, 11) is 4.92. The standard InChI is InChI=1S/C19H27F3N4O2.HI/c1-25(2)17(27)12-24-18(23-8-10-28-3)26-9-7-15(13-26)14-5-4-6-16(11-14)19(20,21)22;/h4-6,11,15H,7-10,12-13H2,1-3H3,(H,23,24);1H. The summed E-state index contributed by atoms with van der Waals surface area (Å²) in [6, 6.07) is 5.48. The molecule has 1 N–H and O–H groups in total. The van der Waals surface area contributed by atoms with Crippen LogP contribution in [0.4, 0.5) is 13.2 Å². The van der Waals surface area contributed by atoms with Gasteiger partial charge in [-0.2, -0.15) is 13.2 Å². The summed E-state index contributed by atoms with van der Waals surface area (Å²) in [4.78, 5) is 19.7. The molecule has 6 nitrogen and oxygen atoms in total. The Labute approximate surface area is 186 Å². The van der Waals surface area contributed by atoms with Crippen LogP contribution in [0.15, 0.2) is 29.3 Å². The van der Waals surface area contributed by atoms with Gasteiger partial charge in [-0.15, -0.1) is 24.0 Å². The molecule has 0 bridgehead atoms. The molecule has 0 saturated carbocycles. The Kier molecular flexibility index (Phi) is 10.2. The molecule has 0 spiro atoms. The summed E-state index contributed by atoms with van der Waals surface area (Å²) in [6.07, 6.45) is -3.64. The average molecular weight is 528 g/mol. The van der Waals surface area contributed by atoms with Crippen molar-refractivity contribution in [2.24, 2.45) is 4.99 Å². The van der Waals surface area contributed by atoms with E-state index in [4.69, 9.17) is 4.74 Å². The van der Waals surface area contributed by atoms with E-state index in [2.05, 4.69) is 10.3 Å². The third kappa shape index (κ3) is 7.65. The number of likely N-dealkylation sites (N-methyl/N-ethyl adjacent to an activating group) is 1. The second-order valence-corrected chi connectivity index (χ2v) is 6.90. The summed E-state index contributed by atoms with van der Waals surface area (Å²) < 4.78 is 44.0. The zero-order valence-electron chi connectivity index (χ0n) is 16.8. The number of carbonyl (C=O) groups is 1. The lowest BCUT2D eigenvalue weighted by molar-refractivity contribution is -0.137. The smallest absolute Gasteiger partial charge is 0.383 e. The normalized spacial score (nSPS) is 17.1. The molecule has 1 saturated heterocycles. The van der Waals surface area contributed by atoms with Gasteiger partial charge in [0.2, 0.25) is 5.91 Å². The number of hydrogen-bond acceptors (Lipinski definition) is 3. The molecule has 0 aromatic heterocycles. The summed E-state index contributed by atoms with van der Waals surface area (Å²) in [5, 5.41) is 3.16. The van der Waals surface area contributed by atoms with E-state index in [9.17, 15) is 18.0 Å². The molecule has 1 atom stereocenters. The van der Waals surface area contributed by atoms with Gasteiger partial charge in [0.05, 0.1) is 12.2 Å². The first-order chi connectivity index (χ1) is 13.2. The minimum atomic E-state index is -4.35. The first kappa shape index (κ1) is 25.5. The molecule has 29 heavy (non-hydrogen) atoms. The molecule has 1 heterocycles. The Hall–Kier alpha value is -1.56. The summed E-state index contributed by atoms with van der Waals surface area (Å²) >= 11 is 0. The van der Waals surface area contributed by atoms with E-state index in [-0.39, 0.29) is 42.3 Å². The van der Waals surface area contributed by atoms with Crippen molar-refractivity contribution >= 4 is 35.8 Å². The summed E-state index contributed by atoms with van der Waals surface area (Å²) in [6.45, 7) is 2.20. The first-order valence-electron chi connectivity index (χ1n) is 9.12. The second-order valence-electron chi connectivity index (χ2n) is 6.90. The van der Waals surface area contributed by atoms with E-state index in [1.807, 2.05) is 4.90 Å². The van der Waals surface area contributed by atoms with Gasteiger partial charge in [0.1, 0.15) is 6.54 Å². The van der Waals surface area contributed by atoms with Crippen LogP contribution in [0.2, 0.25) is 0 Å². The minimum Gasteiger partial charge on any atom is -0.383 e. The number of methoxy groups -OCH3 is 1. The Morgan fingerprint density at radius 2 is 2.10 bits per heavy atom. The molecule has 0 radical (unpaired) electrons. The van der Waals surface area contributed by atoms with Gasteiger partial charge < -0.3 is 19.9 Å². The van der Waals surface area contributed by atoms with Crippen LogP contribution in [0.3, 0.4) is 0 Å². The monoisotopic (exact) mass is 528 g/mol. The van der Waals surface area contributed by atoms with Crippen molar-refractivity contribution < 1.29 is 22.7 Å². The van der Waals surface area contributed by atoms with Crippen molar-refractivity contribution in [3.05, 3.63) is 35.4 Å². The van der Waals surface area contributed by atoms with E-state index in [0.29, 0.717) is 44.2 Å². The van der Waals surface area contributed by atoms with Gasteiger partial charge in [0.15, 0.2) is 5.96 Å². The number of nitrogens with zero attached hydrogens (tertiary/aromatic N) is 3. The highest BCUT2D eigenvalue weighted by molar-refractivity contribution is 14.0. The number of benzene rings is 1. The van der Waals surface area contributed by atoms with Gasteiger partial charge in [-0.1, -0.05) is 18.2 Å². The van der Waals surface area contributed by atoms with Crippen LogP contribution in [-0.4, -0.2) is 75.7 Å². The van der Waals surface area contributed by atoms with Crippen molar-refractivity contribution in [3.8, 4) is 0 Å². The Bertz CT molecular complexity index is 698. The Morgan fingerprint density at radius 3 is 2.72 bits per heavy atom. The number of halogens is 4. The SMILES string of the molecule is COCCNC(=NCC(=O)N(C)C)N1CCC(c2cccc(C(F)(F)F)c2)C1.I. The van der Waals surface area contributed by atoms with Crippen LogP contribution in [0, 0.1) is 0 Å². The maximum Gasteiger partial charge on any atom is 0.416 e. The molecule has 1 unspecified atom stereocenters. The van der Waals surface area contributed by atoms with Crippen LogP contribution in [-0.2, 0) is 15.7 Å². The van der Waals surface area contributed by atoms with Gasteiger partial charge in [-0.05, 0) is 18.1 Å². The topological polar surface area (TPSA) is 57.2 Å². The third-order valence-corrected chi connectivity index (χ3v) is 4.63. The fourth-order valence-corrected chi connectivity index (χ4v) is 3.01. The predicted molar refractivity (Wildman–Crippen MR) is 117 cm³/mol. The molecule has 10 heteroatoms. The number of likely N-dealkylation sites (tertiary alicyclic amines) is 1. The van der Waals surface area contributed by atoms with Gasteiger partial charge >= 0.3 is 6.18 Å². The number of aliphatic imine (C=N–C) groups is 1. The average Bonchev–Trinajstić information content (AvgIpc) is 3.13. The Balaban J connectivity index is 0.00000420. The van der Waals surface area contributed by atoms with Crippen LogP contribution in [0.25, 0.3) is 0 Å². The molecular weight excluding hydrogens is 500 g/mol. The van der Waals surface area contributed by atoms with Crippen LogP contribution >= 0.6 is 24.0 Å². The number of amides is 1. The molecule has 0 aliphatic carbocycles. The lowest BCUT2D eigenvalue weighted by atomic mass is 9.96. The van der Waals surface area contributed by atoms with E-state index in [1.54, 1.807) is 27.3 Å². The van der Waals surface area contributed by atoms with Gasteiger partial charge in [-0.25, -0.2) is 4.99 Å². The van der Waals surface area contributed by atoms with Crippen LogP contribution < -0.4 is 5.32 Å². The third-order valence-electron chi connectivity index (χ3n) is 4.63. The van der Waals surface area contributed by atoms with Gasteiger partial charge in [0.25, 0.3) is 0 Å². The van der Waals surface area contributed by atoms with E-state index in [0.717, 1.165) is 6.07 Å². The highest BCUT2D eigenvalue weighted by Crippen LogP contribution is 2.33. The maximum absolute atomic E-state index is 13.0. The summed E-state index contributed by atoms with van der Waals surface area (Å²) in [5.74, 6) is 0.419.